The minimum absolute atomic E-state index is 0.0239. The molecule has 0 saturated carbocycles. The van der Waals surface area contributed by atoms with E-state index in [0.717, 1.165) is 5.56 Å². The molecular weight excluding hydrogens is 448 g/mol. The molecule has 3 heterocycles. The zero-order valence-corrected chi connectivity index (χ0v) is 17.6. The fourth-order valence-electron chi connectivity index (χ4n) is 2.34. The average molecular weight is 461 g/mol. The molecule has 0 radical (unpaired) electrons. The summed E-state index contributed by atoms with van der Waals surface area (Å²) in [6, 6.07) is 2.90. The second kappa shape index (κ2) is 8.61. The van der Waals surface area contributed by atoms with Crippen molar-refractivity contribution >= 4 is 52.3 Å². The van der Waals surface area contributed by atoms with Crippen LogP contribution in [0.1, 0.15) is 36.3 Å². The third-order valence-corrected chi connectivity index (χ3v) is 5.48. The molecule has 1 unspecified atom stereocenters. The lowest BCUT2D eigenvalue weighted by molar-refractivity contribution is 0.0909. The first-order valence-electron chi connectivity index (χ1n) is 8.04. The second-order valence-electron chi connectivity index (χ2n) is 6.08. The van der Waals surface area contributed by atoms with E-state index >= 15 is 0 Å². The molecule has 1 N–H and O–H groups in total. The highest BCUT2D eigenvalue weighted by atomic mass is 35.5. The number of hydrogen-bond donors (Lipinski definition) is 1. The molecule has 0 aliphatic rings. The van der Waals surface area contributed by atoms with E-state index in [-0.39, 0.29) is 37.7 Å². The first kappa shape index (κ1) is 20.8. The van der Waals surface area contributed by atoms with E-state index in [2.05, 4.69) is 25.4 Å². The average Bonchev–Trinajstić information content (AvgIpc) is 3.17. The molecule has 1 amide bonds. The molecule has 0 spiro atoms. The van der Waals surface area contributed by atoms with Crippen LogP contribution in [0, 0.1) is 5.92 Å². The van der Waals surface area contributed by atoms with Gasteiger partial charge in [-0.1, -0.05) is 65.4 Å². The molecule has 11 heteroatoms. The van der Waals surface area contributed by atoms with Crippen LogP contribution in [0.4, 0.5) is 0 Å². The van der Waals surface area contributed by atoms with Crippen molar-refractivity contribution in [3.8, 4) is 11.4 Å². The lowest BCUT2D eigenvalue weighted by atomic mass is 10.0. The lowest BCUT2D eigenvalue weighted by Crippen LogP contribution is -2.32. The van der Waals surface area contributed by atoms with Gasteiger partial charge in [-0.15, -0.1) is 0 Å². The van der Waals surface area contributed by atoms with Gasteiger partial charge in [-0.25, -0.2) is 4.98 Å². The van der Waals surface area contributed by atoms with Gasteiger partial charge >= 0.3 is 0 Å². The first-order valence-corrected chi connectivity index (χ1v) is 9.55. The molecule has 0 aliphatic carbocycles. The number of amides is 1. The Morgan fingerprint density at radius 2 is 1.71 bits per heavy atom. The van der Waals surface area contributed by atoms with Crippen molar-refractivity contribution in [3.63, 3.8) is 0 Å². The normalized spacial score (nSPS) is 12.2. The molecule has 146 valence electrons. The third kappa shape index (κ3) is 4.22. The second-order valence-corrected chi connectivity index (χ2v) is 7.57. The smallest absolute Gasteiger partial charge is 0.272 e. The molecule has 3 aromatic heterocycles. The summed E-state index contributed by atoms with van der Waals surface area (Å²) in [5, 5.41) is 6.44. The molecule has 0 bridgehead atoms. The molecule has 28 heavy (non-hydrogen) atoms. The Labute approximate surface area is 180 Å². The number of aromatic nitrogens is 4. The van der Waals surface area contributed by atoms with Gasteiger partial charge in [0.05, 0.1) is 15.1 Å². The lowest BCUT2D eigenvalue weighted by Gasteiger charge is -2.19. The van der Waals surface area contributed by atoms with E-state index in [1.54, 1.807) is 24.5 Å². The highest BCUT2D eigenvalue weighted by Gasteiger charge is 2.28. The van der Waals surface area contributed by atoms with Crippen molar-refractivity contribution in [1.29, 1.82) is 0 Å². The van der Waals surface area contributed by atoms with Crippen LogP contribution in [0.25, 0.3) is 11.4 Å². The Morgan fingerprint density at radius 1 is 1.04 bits per heavy atom. The summed E-state index contributed by atoms with van der Waals surface area (Å²) in [5.41, 5.74) is 0.584. The molecule has 0 fully saturated rings. The molecular formula is C17H13Cl4N5O2. The highest BCUT2D eigenvalue weighted by Crippen LogP contribution is 2.36. The number of carbonyl (C=O) groups excluding carboxylic acids is 1. The van der Waals surface area contributed by atoms with Crippen LogP contribution in [0.3, 0.4) is 0 Å². The quantitative estimate of drug-likeness (QED) is 0.521. The van der Waals surface area contributed by atoms with E-state index in [9.17, 15) is 4.79 Å². The zero-order valence-electron chi connectivity index (χ0n) is 14.6. The van der Waals surface area contributed by atoms with Crippen LogP contribution in [0.2, 0.25) is 20.2 Å². The number of carbonyl (C=O) groups is 1. The van der Waals surface area contributed by atoms with Gasteiger partial charge in [-0.05, 0) is 18.1 Å². The molecule has 3 rings (SSSR count). The van der Waals surface area contributed by atoms with Gasteiger partial charge in [-0.2, -0.15) is 4.98 Å². The molecule has 0 aliphatic heterocycles. The summed E-state index contributed by atoms with van der Waals surface area (Å²) < 4.78 is 5.35. The number of nitrogens with zero attached hydrogens (tertiary/aromatic N) is 4. The van der Waals surface area contributed by atoms with Crippen LogP contribution in [0.5, 0.6) is 0 Å². The topological polar surface area (TPSA) is 93.8 Å². The zero-order chi connectivity index (χ0) is 20.4. The Morgan fingerprint density at radius 3 is 2.36 bits per heavy atom. The van der Waals surface area contributed by atoms with Gasteiger partial charge < -0.3 is 9.84 Å². The largest absolute Gasteiger partial charge is 0.339 e. The first-order chi connectivity index (χ1) is 13.3. The van der Waals surface area contributed by atoms with E-state index < -0.39 is 11.9 Å². The van der Waals surface area contributed by atoms with Gasteiger partial charge in [0.2, 0.25) is 11.7 Å². The fraction of sp³-hybridized carbons (Fsp3) is 0.235. The summed E-state index contributed by atoms with van der Waals surface area (Å²) >= 11 is 23.9. The van der Waals surface area contributed by atoms with Crippen molar-refractivity contribution in [1.82, 2.24) is 25.4 Å². The van der Waals surface area contributed by atoms with Gasteiger partial charge in [0.25, 0.3) is 5.91 Å². The molecule has 0 aromatic carbocycles. The number of halogens is 4. The van der Waals surface area contributed by atoms with Crippen molar-refractivity contribution < 1.29 is 9.32 Å². The van der Waals surface area contributed by atoms with Crippen LogP contribution < -0.4 is 5.32 Å². The van der Waals surface area contributed by atoms with Gasteiger partial charge in [0.1, 0.15) is 16.9 Å². The summed E-state index contributed by atoms with van der Waals surface area (Å²) in [4.78, 5) is 25.0. The van der Waals surface area contributed by atoms with Crippen molar-refractivity contribution in [3.05, 3.63) is 56.3 Å². The van der Waals surface area contributed by atoms with Crippen LogP contribution in [-0.4, -0.2) is 26.0 Å². The Balaban J connectivity index is 1.89. The van der Waals surface area contributed by atoms with Crippen LogP contribution in [0.15, 0.2) is 29.0 Å². The maximum Gasteiger partial charge on any atom is 0.272 e. The van der Waals surface area contributed by atoms with Crippen LogP contribution in [-0.2, 0) is 0 Å². The molecule has 3 aromatic rings. The minimum atomic E-state index is -0.604. The maximum atomic E-state index is 12.7. The Kier molecular flexibility index (Phi) is 6.40. The number of pyridine rings is 2. The van der Waals surface area contributed by atoms with Gasteiger partial charge in [-0.3, -0.25) is 9.78 Å². The number of rotatable bonds is 5. The highest BCUT2D eigenvalue weighted by molar-refractivity contribution is 6.52. The summed E-state index contributed by atoms with van der Waals surface area (Å²) in [6.45, 7) is 3.77. The van der Waals surface area contributed by atoms with Gasteiger partial charge in [0, 0.05) is 18.0 Å². The summed E-state index contributed by atoms with van der Waals surface area (Å²) in [6.07, 6.45) is 3.24. The van der Waals surface area contributed by atoms with Crippen molar-refractivity contribution in [2.24, 2.45) is 5.92 Å². The van der Waals surface area contributed by atoms with Gasteiger partial charge in [0.15, 0.2) is 0 Å². The third-order valence-electron chi connectivity index (χ3n) is 3.80. The SMILES string of the molecule is CC(C)C(NC(=O)c1nc(Cl)c(Cl)c(Cl)c1Cl)c1nc(-c2ccncc2)no1. The fourth-order valence-corrected chi connectivity index (χ4v) is 3.15. The minimum Gasteiger partial charge on any atom is -0.339 e. The standard InChI is InChI=1S/C17H13Cl4N5O2/c1-7(2)12(17-25-15(26-28-17)8-3-5-22-6-4-8)24-16(27)13-10(19)9(18)11(20)14(21)23-13/h3-7,12H,1-2H3,(H,24,27). The predicted octanol–water partition coefficient (Wildman–Crippen LogP) is 5.27. The van der Waals surface area contributed by atoms with E-state index in [0.29, 0.717) is 5.82 Å². The van der Waals surface area contributed by atoms with Crippen molar-refractivity contribution in [2.75, 3.05) is 0 Å². The predicted molar refractivity (Wildman–Crippen MR) is 107 cm³/mol. The Bertz CT molecular complexity index is 1010. The van der Waals surface area contributed by atoms with E-state index in [4.69, 9.17) is 50.9 Å². The number of nitrogens with one attached hydrogen (secondary N) is 1. The molecule has 0 saturated heterocycles. The van der Waals surface area contributed by atoms with Crippen molar-refractivity contribution in [2.45, 2.75) is 19.9 Å². The summed E-state index contributed by atoms with van der Waals surface area (Å²) in [5.74, 6) is -0.0667. The summed E-state index contributed by atoms with van der Waals surface area (Å²) in [7, 11) is 0. The monoisotopic (exact) mass is 459 g/mol. The molecule has 1 atom stereocenters. The Hall–Kier alpha value is -1.93. The maximum absolute atomic E-state index is 12.7. The van der Waals surface area contributed by atoms with E-state index in [1.165, 1.54) is 0 Å². The van der Waals surface area contributed by atoms with E-state index in [1.807, 2.05) is 13.8 Å². The van der Waals surface area contributed by atoms with Crippen LogP contribution >= 0.6 is 46.4 Å². The molecule has 7 nitrogen and oxygen atoms in total. The number of hydrogen-bond acceptors (Lipinski definition) is 6.